The molecule has 1 amide bonds. The number of aryl methyl sites for hydroxylation is 1. The lowest BCUT2D eigenvalue weighted by molar-refractivity contribution is -0.118. The lowest BCUT2D eigenvalue weighted by Crippen LogP contribution is -2.28. The predicted octanol–water partition coefficient (Wildman–Crippen LogP) is 3.59. The van der Waals surface area contributed by atoms with E-state index < -0.39 is 17.8 Å². The van der Waals surface area contributed by atoms with E-state index in [4.69, 9.17) is 0 Å². The van der Waals surface area contributed by atoms with Gasteiger partial charge in [-0.15, -0.1) is 10.2 Å². The van der Waals surface area contributed by atoms with Gasteiger partial charge in [-0.2, -0.15) is 4.80 Å². The minimum Gasteiger partial charge on any atom is -0.309 e. The van der Waals surface area contributed by atoms with Crippen molar-refractivity contribution in [3.05, 3.63) is 46.8 Å². The minimum atomic E-state index is -2.76. The molecule has 30 heavy (non-hydrogen) atoms. The van der Waals surface area contributed by atoms with Crippen LogP contribution in [0.2, 0.25) is 0 Å². The number of aromatic nitrogens is 6. The summed E-state index contributed by atoms with van der Waals surface area (Å²) in [7, 11) is 1.66. The van der Waals surface area contributed by atoms with Crippen molar-refractivity contribution in [3.8, 4) is 11.4 Å². The van der Waals surface area contributed by atoms with E-state index in [2.05, 4.69) is 46.6 Å². The zero-order chi connectivity index (χ0) is 21.3. The second kappa shape index (κ2) is 8.13. The van der Waals surface area contributed by atoms with E-state index >= 15 is 0 Å². The summed E-state index contributed by atoms with van der Waals surface area (Å²) in [5.41, 5.74) is 1.37. The zero-order valence-electron chi connectivity index (χ0n) is 16.0. The van der Waals surface area contributed by atoms with E-state index in [1.807, 2.05) is 0 Å². The summed E-state index contributed by atoms with van der Waals surface area (Å²) < 4.78 is 28.3. The van der Waals surface area contributed by atoms with Gasteiger partial charge in [0.05, 0.1) is 25.4 Å². The van der Waals surface area contributed by atoms with Gasteiger partial charge in [-0.25, -0.2) is 18.7 Å². The summed E-state index contributed by atoms with van der Waals surface area (Å²) >= 11 is 3.19. The Bertz CT molecular complexity index is 1040. The number of nitrogens with zero attached hydrogens (tertiary/aromatic N) is 6. The molecule has 0 unspecified atom stereocenters. The van der Waals surface area contributed by atoms with Gasteiger partial charge >= 0.3 is 0 Å². The molecule has 4 rings (SSSR count). The molecule has 2 heterocycles. The normalized spacial score (nSPS) is 18.9. The lowest BCUT2D eigenvalue weighted by atomic mass is 9.83. The topological polar surface area (TPSA) is 98.5 Å². The van der Waals surface area contributed by atoms with Crippen LogP contribution in [0.15, 0.2) is 41.3 Å². The number of benzene rings is 1. The molecular formula is C19H18BrF2N7O. The first kappa shape index (κ1) is 20.5. The van der Waals surface area contributed by atoms with Crippen molar-refractivity contribution in [1.29, 1.82) is 0 Å². The van der Waals surface area contributed by atoms with Crippen molar-refractivity contribution in [1.82, 2.24) is 30.2 Å². The number of amides is 1. The smallest absolute Gasteiger partial charge is 0.248 e. The highest BCUT2D eigenvalue weighted by Gasteiger charge is 2.45. The van der Waals surface area contributed by atoms with Crippen LogP contribution < -0.4 is 5.32 Å². The molecule has 1 saturated carbocycles. The van der Waals surface area contributed by atoms with Gasteiger partial charge < -0.3 is 5.32 Å². The number of halogens is 3. The molecule has 1 fully saturated rings. The molecule has 1 aliphatic carbocycles. The van der Waals surface area contributed by atoms with Crippen LogP contribution >= 0.6 is 15.9 Å². The van der Waals surface area contributed by atoms with Crippen molar-refractivity contribution >= 4 is 27.7 Å². The summed E-state index contributed by atoms with van der Waals surface area (Å²) in [6, 6.07) is 7.03. The number of carbonyl (C=O) groups excluding carboxylic acids is 1. The highest BCUT2D eigenvalue weighted by molar-refractivity contribution is 9.10. The monoisotopic (exact) mass is 477 g/mol. The standard InChI is InChI=1S/C19H18BrF2N7O/c1-29-27-17(26-28-29)12-4-2-11(3-5-12)16(13-6-7-19(21,22)8-13)18(30)25-15-10-23-14(20)9-24-15/h2-5,9-10,13,16H,6-8H2,1H3,(H,24,25,30)/t13-,16+/m0/s1. The maximum Gasteiger partial charge on any atom is 0.248 e. The molecule has 0 saturated heterocycles. The number of hydrogen-bond acceptors (Lipinski definition) is 6. The van der Waals surface area contributed by atoms with E-state index in [1.54, 1.807) is 31.3 Å². The maximum atomic E-state index is 13.9. The van der Waals surface area contributed by atoms with Crippen LogP contribution in [0.25, 0.3) is 11.4 Å². The first-order valence-corrected chi connectivity index (χ1v) is 10.1. The van der Waals surface area contributed by atoms with Crippen molar-refractivity contribution < 1.29 is 13.6 Å². The summed E-state index contributed by atoms with van der Waals surface area (Å²) in [6.07, 6.45) is 2.58. The van der Waals surface area contributed by atoms with E-state index in [9.17, 15) is 13.6 Å². The van der Waals surface area contributed by atoms with Crippen LogP contribution in [-0.2, 0) is 11.8 Å². The fourth-order valence-electron chi connectivity index (χ4n) is 3.73. The molecule has 0 radical (unpaired) electrons. The van der Waals surface area contributed by atoms with Crippen LogP contribution in [0.5, 0.6) is 0 Å². The summed E-state index contributed by atoms with van der Waals surface area (Å²) in [4.78, 5) is 22.5. The Morgan fingerprint density at radius 3 is 2.60 bits per heavy atom. The molecule has 2 aromatic heterocycles. The third kappa shape index (κ3) is 4.50. The van der Waals surface area contributed by atoms with Crippen LogP contribution in [0, 0.1) is 5.92 Å². The predicted molar refractivity (Wildman–Crippen MR) is 108 cm³/mol. The van der Waals surface area contributed by atoms with Crippen LogP contribution in [0.1, 0.15) is 30.7 Å². The van der Waals surface area contributed by atoms with Gasteiger partial charge in [-0.1, -0.05) is 24.3 Å². The fourth-order valence-corrected chi connectivity index (χ4v) is 3.93. The molecule has 11 heteroatoms. The van der Waals surface area contributed by atoms with Gasteiger partial charge in [0, 0.05) is 18.4 Å². The molecule has 8 nitrogen and oxygen atoms in total. The first-order valence-electron chi connectivity index (χ1n) is 9.31. The lowest BCUT2D eigenvalue weighted by Gasteiger charge is -2.23. The average molecular weight is 478 g/mol. The van der Waals surface area contributed by atoms with Crippen molar-refractivity contribution in [3.63, 3.8) is 0 Å². The molecular weight excluding hydrogens is 460 g/mol. The Kier molecular flexibility index (Phi) is 5.54. The number of alkyl halides is 2. The molecule has 0 aliphatic heterocycles. The summed E-state index contributed by atoms with van der Waals surface area (Å²) in [5.74, 6) is -3.67. The largest absolute Gasteiger partial charge is 0.309 e. The average Bonchev–Trinajstić information content (AvgIpc) is 3.29. The summed E-state index contributed by atoms with van der Waals surface area (Å²) in [5, 5.41) is 14.6. The van der Waals surface area contributed by atoms with Gasteiger partial charge in [0.1, 0.15) is 4.60 Å². The Labute approximate surface area is 179 Å². The van der Waals surface area contributed by atoms with Crippen molar-refractivity contribution in [2.75, 3.05) is 5.32 Å². The first-order chi connectivity index (χ1) is 14.3. The molecule has 1 N–H and O–H groups in total. The highest BCUT2D eigenvalue weighted by Crippen LogP contribution is 2.45. The summed E-state index contributed by atoms with van der Waals surface area (Å²) in [6.45, 7) is 0. The van der Waals surface area contributed by atoms with E-state index in [0.717, 1.165) is 5.56 Å². The molecule has 156 valence electrons. The third-order valence-corrected chi connectivity index (χ3v) is 5.51. The minimum absolute atomic E-state index is 0.221. The molecule has 1 aliphatic rings. The number of rotatable bonds is 5. The molecule has 0 bridgehead atoms. The van der Waals surface area contributed by atoms with Crippen LogP contribution in [0.4, 0.5) is 14.6 Å². The Balaban J connectivity index is 1.61. The highest BCUT2D eigenvalue weighted by atomic mass is 79.9. The number of nitrogens with one attached hydrogen (secondary N) is 1. The van der Waals surface area contributed by atoms with Crippen molar-refractivity contribution in [2.24, 2.45) is 13.0 Å². The number of anilines is 1. The molecule has 0 spiro atoms. The van der Waals surface area contributed by atoms with Crippen molar-refractivity contribution in [2.45, 2.75) is 31.1 Å². The Morgan fingerprint density at radius 2 is 2.03 bits per heavy atom. The van der Waals surface area contributed by atoms with Gasteiger partial charge in [0.25, 0.3) is 0 Å². The molecule has 1 aromatic carbocycles. The van der Waals surface area contributed by atoms with Gasteiger partial charge in [-0.05, 0) is 39.0 Å². The maximum absolute atomic E-state index is 13.9. The van der Waals surface area contributed by atoms with Gasteiger partial charge in [-0.3, -0.25) is 4.79 Å². The third-order valence-electron chi connectivity index (χ3n) is 5.10. The molecule has 2 atom stereocenters. The van der Waals surface area contributed by atoms with Crippen LogP contribution in [-0.4, -0.2) is 42.0 Å². The SMILES string of the molecule is Cn1nnc(-c2ccc([C@@H](C(=O)Nc3cnc(Br)cn3)[C@H]3CCC(F)(F)C3)cc2)n1. The van der Waals surface area contributed by atoms with E-state index in [-0.39, 0.29) is 31.0 Å². The van der Waals surface area contributed by atoms with Gasteiger partial charge in [0.2, 0.25) is 17.7 Å². The Hall–Kier alpha value is -2.82. The zero-order valence-corrected chi connectivity index (χ0v) is 17.6. The quantitative estimate of drug-likeness (QED) is 0.602. The number of carbonyl (C=O) groups is 1. The fraction of sp³-hybridized carbons (Fsp3) is 0.368. The second-order valence-electron chi connectivity index (χ2n) is 7.27. The van der Waals surface area contributed by atoms with E-state index in [1.165, 1.54) is 17.2 Å². The number of hydrogen-bond donors (Lipinski definition) is 1. The Morgan fingerprint density at radius 1 is 1.27 bits per heavy atom. The van der Waals surface area contributed by atoms with E-state index in [0.29, 0.717) is 16.0 Å². The molecule has 3 aromatic rings. The van der Waals surface area contributed by atoms with Crippen LogP contribution in [0.3, 0.4) is 0 Å². The second-order valence-corrected chi connectivity index (χ2v) is 8.09. The number of tetrazole rings is 1. The van der Waals surface area contributed by atoms with Gasteiger partial charge in [0.15, 0.2) is 5.82 Å².